The van der Waals surface area contributed by atoms with E-state index in [-0.39, 0.29) is 18.0 Å². The van der Waals surface area contributed by atoms with E-state index in [1.165, 1.54) is 190 Å². The third-order valence-electron chi connectivity index (χ3n) is 10.0. The molecule has 2 saturated heterocycles. The maximum Gasteiger partial charge on any atom is 0.157 e. The number of ether oxygens (including phenoxy) is 4. The van der Waals surface area contributed by atoms with Crippen molar-refractivity contribution >= 4 is 23.5 Å². The average molecular weight is 701 g/mol. The van der Waals surface area contributed by atoms with E-state index in [1.54, 1.807) is 0 Å². The lowest BCUT2D eigenvalue weighted by Crippen LogP contribution is -2.52. The van der Waals surface area contributed by atoms with Crippen molar-refractivity contribution in [3.63, 3.8) is 0 Å². The van der Waals surface area contributed by atoms with Crippen LogP contribution in [-0.4, -0.2) is 62.0 Å². The molecule has 280 valence electrons. The van der Waals surface area contributed by atoms with Crippen LogP contribution in [0.4, 0.5) is 0 Å². The molecule has 0 radical (unpaired) electrons. The van der Waals surface area contributed by atoms with Gasteiger partial charge in [0.15, 0.2) is 12.6 Å². The summed E-state index contributed by atoms with van der Waals surface area (Å²) in [5, 5.41) is 0. The highest BCUT2D eigenvalue weighted by atomic mass is 32.2. The molecule has 47 heavy (non-hydrogen) atoms. The third kappa shape index (κ3) is 25.2. The van der Waals surface area contributed by atoms with Gasteiger partial charge in [-0.05, 0) is 61.5 Å². The van der Waals surface area contributed by atoms with E-state index in [0.717, 1.165) is 12.8 Å². The van der Waals surface area contributed by atoms with Crippen molar-refractivity contribution in [1.82, 2.24) is 0 Å². The predicted octanol–water partition coefficient (Wildman–Crippen LogP) is 13.1. The molecule has 0 aromatic heterocycles. The molecule has 2 aliphatic heterocycles. The van der Waals surface area contributed by atoms with Gasteiger partial charge in [-0.25, -0.2) is 0 Å². The standard InChI is InChI=1S/C41H80O4S2/c1-3-5-7-9-11-13-15-17-19-21-23-25-31-46-33-27-29-39-42-35-41(36-43-39)37-44-40(45-38-41)30-28-34-47-32-26-24-22-20-18-16-14-12-10-8-6-4-2/h39-40H,3-38H2,1-2H3. The van der Waals surface area contributed by atoms with Gasteiger partial charge in [0.2, 0.25) is 0 Å². The van der Waals surface area contributed by atoms with Crippen LogP contribution in [0.25, 0.3) is 0 Å². The maximum atomic E-state index is 6.13. The first kappa shape index (κ1) is 43.7. The molecule has 0 atom stereocenters. The van der Waals surface area contributed by atoms with Gasteiger partial charge in [-0.3, -0.25) is 0 Å². The fraction of sp³-hybridized carbons (Fsp3) is 1.00. The van der Waals surface area contributed by atoms with Crippen LogP contribution >= 0.6 is 23.5 Å². The van der Waals surface area contributed by atoms with E-state index < -0.39 is 0 Å². The molecular weight excluding hydrogens is 621 g/mol. The van der Waals surface area contributed by atoms with Crippen molar-refractivity contribution < 1.29 is 18.9 Å². The lowest BCUT2D eigenvalue weighted by molar-refractivity contribution is -0.303. The molecule has 2 aliphatic rings. The smallest absolute Gasteiger partial charge is 0.157 e. The van der Waals surface area contributed by atoms with Gasteiger partial charge in [0.1, 0.15) is 0 Å². The van der Waals surface area contributed by atoms with E-state index in [9.17, 15) is 0 Å². The summed E-state index contributed by atoms with van der Waals surface area (Å²) in [6, 6.07) is 0. The molecule has 0 saturated carbocycles. The minimum Gasteiger partial charge on any atom is -0.352 e. The molecule has 0 N–H and O–H groups in total. The van der Waals surface area contributed by atoms with E-state index in [4.69, 9.17) is 18.9 Å². The van der Waals surface area contributed by atoms with Gasteiger partial charge in [-0.15, -0.1) is 0 Å². The fourth-order valence-corrected chi connectivity index (χ4v) is 8.72. The van der Waals surface area contributed by atoms with Crippen molar-refractivity contribution in [1.29, 1.82) is 0 Å². The SMILES string of the molecule is CCCCCCCCCCCCCCSCCCC1OCC2(CO1)COC(CCCSCCCCCCCCCCCCCC)OC2. The maximum absolute atomic E-state index is 6.13. The van der Waals surface area contributed by atoms with Crippen LogP contribution in [0.5, 0.6) is 0 Å². The molecule has 0 unspecified atom stereocenters. The number of hydrogen-bond acceptors (Lipinski definition) is 6. The van der Waals surface area contributed by atoms with Crippen LogP contribution in [-0.2, 0) is 18.9 Å². The second-order valence-corrected chi connectivity index (χ2v) is 17.3. The molecule has 0 aromatic rings. The third-order valence-corrected chi connectivity index (χ3v) is 12.4. The van der Waals surface area contributed by atoms with Gasteiger partial charge in [-0.2, -0.15) is 23.5 Å². The summed E-state index contributed by atoms with van der Waals surface area (Å²) in [7, 11) is 0. The van der Waals surface area contributed by atoms with Crippen LogP contribution in [0.3, 0.4) is 0 Å². The lowest BCUT2D eigenvalue weighted by atomic mass is 9.90. The van der Waals surface area contributed by atoms with Crippen molar-refractivity contribution in [3.8, 4) is 0 Å². The van der Waals surface area contributed by atoms with E-state index in [0.29, 0.717) is 26.4 Å². The Kier molecular flexibility index (Phi) is 30.2. The molecule has 0 aliphatic carbocycles. The van der Waals surface area contributed by atoms with Crippen molar-refractivity contribution in [2.24, 2.45) is 5.41 Å². The normalized spacial score (nSPS) is 21.6. The zero-order valence-electron chi connectivity index (χ0n) is 31.6. The van der Waals surface area contributed by atoms with Crippen LogP contribution in [0.1, 0.15) is 194 Å². The Balaban J connectivity index is 1.29. The minimum atomic E-state index is -0.111. The van der Waals surface area contributed by atoms with Crippen LogP contribution in [0.15, 0.2) is 0 Å². The Morgan fingerprint density at radius 3 is 0.915 bits per heavy atom. The summed E-state index contributed by atoms with van der Waals surface area (Å²) in [5.74, 6) is 5.05. The zero-order valence-corrected chi connectivity index (χ0v) is 33.2. The van der Waals surface area contributed by atoms with Gasteiger partial charge in [0.05, 0.1) is 31.8 Å². The molecule has 2 rings (SSSR count). The number of rotatable bonds is 34. The number of hydrogen-bond donors (Lipinski definition) is 0. The molecule has 1 spiro atoms. The Bertz CT molecular complexity index is 577. The van der Waals surface area contributed by atoms with E-state index in [2.05, 4.69) is 37.4 Å². The highest BCUT2D eigenvalue weighted by Gasteiger charge is 2.41. The topological polar surface area (TPSA) is 36.9 Å². The summed E-state index contributed by atoms with van der Waals surface area (Å²) < 4.78 is 24.5. The fourth-order valence-electron chi connectivity index (χ4n) is 6.76. The number of unbranched alkanes of at least 4 members (excludes halogenated alkanes) is 22. The van der Waals surface area contributed by atoms with Crippen molar-refractivity contribution in [3.05, 3.63) is 0 Å². The van der Waals surface area contributed by atoms with Gasteiger partial charge >= 0.3 is 0 Å². The van der Waals surface area contributed by atoms with E-state index in [1.807, 2.05) is 0 Å². The predicted molar refractivity (Wildman–Crippen MR) is 209 cm³/mol. The molecular formula is C41H80O4S2. The van der Waals surface area contributed by atoms with Gasteiger partial charge in [0.25, 0.3) is 0 Å². The van der Waals surface area contributed by atoms with E-state index >= 15 is 0 Å². The van der Waals surface area contributed by atoms with Gasteiger partial charge in [0, 0.05) is 0 Å². The Morgan fingerprint density at radius 1 is 0.362 bits per heavy atom. The summed E-state index contributed by atoms with van der Waals surface area (Å²) in [4.78, 5) is 0. The summed E-state index contributed by atoms with van der Waals surface area (Å²) in [5.41, 5.74) is -0.111. The second-order valence-electron chi connectivity index (χ2n) is 14.9. The molecule has 0 aromatic carbocycles. The molecule has 6 heteroatoms. The highest BCUT2D eigenvalue weighted by Crippen LogP contribution is 2.32. The number of thioether (sulfide) groups is 2. The monoisotopic (exact) mass is 701 g/mol. The zero-order chi connectivity index (χ0) is 33.4. The average Bonchev–Trinajstić information content (AvgIpc) is 3.09. The van der Waals surface area contributed by atoms with Crippen LogP contribution in [0.2, 0.25) is 0 Å². The first-order valence-corrected chi connectivity index (χ1v) is 23.2. The molecule has 4 nitrogen and oxygen atoms in total. The molecule has 0 bridgehead atoms. The Morgan fingerprint density at radius 2 is 0.617 bits per heavy atom. The van der Waals surface area contributed by atoms with Gasteiger partial charge in [-0.1, -0.05) is 155 Å². The molecule has 2 heterocycles. The largest absolute Gasteiger partial charge is 0.352 e. The summed E-state index contributed by atoms with van der Waals surface area (Å²) >= 11 is 4.22. The van der Waals surface area contributed by atoms with Crippen LogP contribution < -0.4 is 0 Å². The first-order valence-electron chi connectivity index (χ1n) is 20.9. The lowest BCUT2D eigenvalue weighted by Gasteiger charge is -2.43. The highest BCUT2D eigenvalue weighted by molar-refractivity contribution is 7.99. The summed E-state index contributed by atoms with van der Waals surface area (Å²) in [6.45, 7) is 7.39. The molecule has 2 fully saturated rings. The molecule has 0 amide bonds. The van der Waals surface area contributed by atoms with Gasteiger partial charge < -0.3 is 18.9 Å². The second kappa shape index (κ2) is 32.4. The first-order chi connectivity index (χ1) is 23.3. The minimum absolute atomic E-state index is 0.0484. The summed E-state index contributed by atoms with van der Waals surface area (Å²) in [6.07, 6.45) is 38.5. The Hall–Kier alpha value is 0.540. The van der Waals surface area contributed by atoms with Crippen molar-refractivity contribution in [2.75, 3.05) is 49.4 Å². The van der Waals surface area contributed by atoms with Crippen LogP contribution in [0, 0.1) is 5.41 Å². The Labute approximate surface area is 302 Å². The quantitative estimate of drug-likeness (QED) is 0.0622. The van der Waals surface area contributed by atoms with Crippen molar-refractivity contribution in [2.45, 2.75) is 206 Å².